The fourth-order valence-electron chi connectivity index (χ4n) is 2.05. The molecule has 0 radical (unpaired) electrons. The van der Waals surface area contributed by atoms with Crippen molar-refractivity contribution >= 4 is 11.3 Å². The molecule has 0 unspecified atom stereocenters. The van der Waals surface area contributed by atoms with Crippen LogP contribution in [-0.4, -0.2) is 11.6 Å². The zero-order valence-electron chi connectivity index (χ0n) is 11.2. The number of hydrogen-bond donors (Lipinski definition) is 0. The lowest BCUT2D eigenvalue weighted by Crippen LogP contribution is -2.19. The van der Waals surface area contributed by atoms with Crippen LogP contribution < -0.4 is 4.80 Å². The lowest BCUT2D eigenvalue weighted by Gasteiger charge is -2.13. The van der Waals surface area contributed by atoms with Crippen molar-refractivity contribution in [2.45, 2.75) is 59.4 Å². The van der Waals surface area contributed by atoms with Gasteiger partial charge in [-0.3, -0.25) is 4.99 Å². The lowest BCUT2D eigenvalue weighted by atomic mass is 10.1. The first-order valence-electron chi connectivity index (χ1n) is 6.25. The van der Waals surface area contributed by atoms with E-state index in [9.17, 15) is 0 Å². The van der Waals surface area contributed by atoms with Crippen LogP contribution in [0.4, 0.5) is 0 Å². The van der Waals surface area contributed by atoms with E-state index in [0.717, 1.165) is 0 Å². The van der Waals surface area contributed by atoms with E-state index in [1.165, 1.54) is 41.1 Å². The molecule has 16 heavy (non-hydrogen) atoms. The van der Waals surface area contributed by atoms with E-state index in [1.54, 1.807) is 0 Å². The van der Waals surface area contributed by atoms with Gasteiger partial charge in [-0.2, -0.15) is 0 Å². The molecule has 1 rings (SSSR count). The third-order valence-corrected chi connectivity index (χ3v) is 3.98. The van der Waals surface area contributed by atoms with Gasteiger partial charge in [0.15, 0.2) is 4.80 Å². The second-order valence-electron chi connectivity index (χ2n) is 4.53. The molecule has 0 N–H and O–H groups in total. The fourth-order valence-corrected chi connectivity index (χ4v) is 3.16. The molecule has 0 spiro atoms. The Morgan fingerprint density at radius 3 is 2.50 bits per heavy atom. The smallest absolute Gasteiger partial charge is 0.185 e. The molecule has 2 nitrogen and oxygen atoms in total. The van der Waals surface area contributed by atoms with Crippen LogP contribution in [0.2, 0.25) is 0 Å². The number of hydrogen-bond acceptors (Lipinski definition) is 2. The summed E-state index contributed by atoms with van der Waals surface area (Å²) in [7, 11) is 1.89. The van der Waals surface area contributed by atoms with Crippen molar-refractivity contribution in [1.29, 1.82) is 0 Å². The Bertz CT molecular complexity index is 385. The molecule has 0 fully saturated rings. The molecule has 0 saturated carbocycles. The van der Waals surface area contributed by atoms with Crippen molar-refractivity contribution < 1.29 is 0 Å². The average Bonchev–Trinajstić information content (AvgIpc) is 2.56. The Balaban J connectivity index is 3.01. The van der Waals surface area contributed by atoms with Crippen molar-refractivity contribution in [3.63, 3.8) is 0 Å². The minimum Gasteiger partial charge on any atom is -0.318 e. The van der Waals surface area contributed by atoms with Gasteiger partial charge in [-0.05, 0) is 33.6 Å². The van der Waals surface area contributed by atoms with Gasteiger partial charge in [0.2, 0.25) is 0 Å². The maximum Gasteiger partial charge on any atom is 0.185 e. The number of unbranched alkanes of at least 4 members (excludes halogenated alkanes) is 2. The number of nitrogens with zero attached hydrogens (tertiary/aromatic N) is 2. The average molecular weight is 240 g/mol. The highest BCUT2D eigenvalue weighted by Crippen LogP contribution is 2.18. The molecule has 1 aromatic rings. The second-order valence-corrected chi connectivity index (χ2v) is 5.71. The van der Waals surface area contributed by atoms with Crippen molar-refractivity contribution in [2.75, 3.05) is 7.05 Å². The van der Waals surface area contributed by atoms with Crippen LogP contribution >= 0.6 is 11.3 Å². The fraction of sp³-hybridized carbons (Fsp3) is 0.769. The summed E-state index contributed by atoms with van der Waals surface area (Å²) in [6.07, 6.45) is 5.11. The van der Waals surface area contributed by atoms with Crippen molar-refractivity contribution in [3.05, 3.63) is 15.4 Å². The highest BCUT2D eigenvalue weighted by molar-refractivity contribution is 7.09. The molecule has 0 amide bonds. The van der Waals surface area contributed by atoms with Crippen LogP contribution in [0.25, 0.3) is 0 Å². The number of aryl methyl sites for hydroxylation is 1. The van der Waals surface area contributed by atoms with Crippen LogP contribution in [0.15, 0.2) is 4.99 Å². The maximum atomic E-state index is 4.38. The molecular weight excluding hydrogens is 216 g/mol. The first kappa shape index (κ1) is 13.5. The largest absolute Gasteiger partial charge is 0.318 e. The van der Waals surface area contributed by atoms with Gasteiger partial charge in [0.1, 0.15) is 0 Å². The summed E-state index contributed by atoms with van der Waals surface area (Å²) in [6.45, 7) is 8.96. The normalized spacial score (nSPS) is 12.8. The summed E-state index contributed by atoms with van der Waals surface area (Å²) < 4.78 is 2.40. The van der Waals surface area contributed by atoms with Crippen molar-refractivity contribution in [1.82, 2.24) is 4.57 Å². The Kier molecular flexibility index (Phi) is 5.26. The zero-order valence-corrected chi connectivity index (χ0v) is 12.0. The summed E-state index contributed by atoms with van der Waals surface area (Å²) in [5.41, 5.74) is 1.49. The molecular formula is C13H24N2S. The monoisotopic (exact) mass is 240 g/mol. The lowest BCUT2D eigenvalue weighted by molar-refractivity contribution is 0.544. The molecule has 0 aliphatic rings. The first-order valence-corrected chi connectivity index (χ1v) is 7.07. The topological polar surface area (TPSA) is 17.3 Å². The number of rotatable bonds is 5. The standard InChI is InChI=1S/C13H24N2S/c1-6-7-8-9-12-11(4)16-13(14-5)15(12)10(2)3/h10H,6-9H2,1-5H3/b14-13+. The quantitative estimate of drug-likeness (QED) is 0.698. The SMILES string of the molecule is CCCCCc1c(C)s/c(=N/C)n1C(C)C. The Morgan fingerprint density at radius 1 is 1.31 bits per heavy atom. The van der Waals surface area contributed by atoms with Gasteiger partial charge in [-0.25, -0.2) is 0 Å². The summed E-state index contributed by atoms with van der Waals surface area (Å²) in [6, 6.07) is 0.514. The van der Waals surface area contributed by atoms with Crippen LogP contribution in [0.1, 0.15) is 56.6 Å². The molecule has 1 heterocycles. The zero-order chi connectivity index (χ0) is 12.1. The van der Waals surface area contributed by atoms with Gasteiger partial charge >= 0.3 is 0 Å². The van der Waals surface area contributed by atoms with Gasteiger partial charge in [0.05, 0.1) is 0 Å². The molecule has 0 aliphatic heterocycles. The van der Waals surface area contributed by atoms with Gasteiger partial charge in [-0.15, -0.1) is 11.3 Å². The minimum absolute atomic E-state index is 0.514. The van der Waals surface area contributed by atoms with Crippen LogP contribution in [0, 0.1) is 6.92 Å². The van der Waals surface area contributed by atoms with E-state index >= 15 is 0 Å². The molecule has 0 aliphatic carbocycles. The highest BCUT2D eigenvalue weighted by atomic mass is 32.1. The van der Waals surface area contributed by atoms with E-state index < -0.39 is 0 Å². The van der Waals surface area contributed by atoms with Gasteiger partial charge in [0, 0.05) is 23.7 Å². The van der Waals surface area contributed by atoms with Crippen molar-refractivity contribution in [2.24, 2.45) is 4.99 Å². The predicted octanol–water partition coefficient (Wildman–Crippen LogP) is 3.70. The van der Waals surface area contributed by atoms with Crippen LogP contribution in [-0.2, 0) is 6.42 Å². The predicted molar refractivity (Wildman–Crippen MR) is 72.1 cm³/mol. The summed E-state index contributed by atoms with van der Waals surface area (Å²) >= 11 is 1.82. The number of thiazole rings is 1. The van der Waals surface area contributed by atoms with E-state index in [2.05, 4.69) is 37.3 Å². The molecule has 0 aromatic carbocycles. The third-order valence-electron chi connectivity index (χ3n) is 2.87. The maximum absolute atomic E-state index is 4.38. The molecule has 1 aromatic heterocycles. The van der Waals surface area contributed by atoms with E-state index in [1.807, 2.05) is 18.4 Å². The minimum atomic E-state index is 0.514. The molecule has 3 heteroatoms. The molecule has 0 saturated heterocycles. The van der Waals surface area contributed by atoms with Gasteiger partial charge < -0.3 is 4.57 Å². The summed E-state index contributed by atoms with van der Waals surface area (Å²) in [5.74, 6) is 0. The van der Waals surface area contributed by atoms with Gasteiger partial charge in [0.25, 0.3) is 0 Å². The third kappa shape index (κ3) is 2.97. The Labute approximate surface area is 103 Å². The first-order chi connectivity index (χ1) is 7.61. The molecule has 92 valence electrons. The summed E-state index contributed by atoms with van der Waals surface area (Å²) in [5, 5.41) is 0. The molecule has 0 atom stereocenters. The Morgan fingerprint density at radius 2 is 2.00 bits per heavy atom. The Hall–Kier alpha value is -0.570. The van der Waals surface area contributed by atoms with E-state index in [4.69, 9.17) is 0 Å². The van der Waals surface area contributed by atoms with Crippen LogP contribution in [0.3, 0.4) is 0 Å². The summed E-state index contributed by atoms with van der Waals surface area (Å²) in [4.78, 5) is 6.98. The number of aromatic nitrogens is 1. The van der Waals surface area contributed by atoms with Crippen molar-refractivity contribution in [3.8, 4) is 0 Å². The highest BCUT2D eigenvalue weighted by Gasteiger charge is 2.11. The second kappa shape index (κ2) is 6.24. The van der Waals surface area contributed by atoms with E-state index in [0.29, 0.717) is 6.04 Å². The van der Waals surface area contributed by atoms with Gasteiger partial charge in [-0.1, -0.05) is 19.8 Å². The van der Waals surface area contributed by atoms with Crippen LogP contribution in [0.5, 0.6) is 0 Å². The van der Waals surface area contributed by atoms with E-state index in [-0.39, 0.29) is 0 Å². The molecule has 0 bridgehead atoms.